The molecule has 0 spiro atoms. The van der Waals surface area contributed by atoms with E-state index in [2.05, 4.69) is 4.98 Å². The molecule has 17 heavy (non-hydrogen) atoms. The summed E-state index contributed by atoms with van der Waals surface area (Å²) < 4.78 is 7.05. The van der Waals surface area contributed by atoms with Crippen molar-refractivity contribution < 1.29 is 19.4 Å². The molecule has 2 heterocycles. The van der Waals surface area contributed by atoms with Crippen molar-refractivity contribution in [2.24, 2.45) is 0 Å². The molecular weight excluding hydrogens is 224 g/mol. The van der Waals surface area contributed by atoms with Crippen molar-refractivity contribution in [2.75, 3.05) is 6.61 Å². The van der Waals surface area contributed by atoms with Crippen LogP contribution in [-0.4, -0.2) is 39.6 Å². The predicted molar refractivity (Wildman–Crippen MR) is 57.9 cm³/mol. The largest absolute Gasteiger partial charge is 0.481 e. The van der Waals surface area contributed by atoms with Gasteiger partial charge in [-0.3, -0.25) is 9.59 Å². The predicted octanol–water partition coefficient (Wildman–Crippen LogP) is 0.502. The number of rotatable bonds is 6. The number of aryl methyl sites for hydroxylation is 1. The zero-order valence-electron chi connectivity index (χ0n) is 9.33. The van der Waals surface area contributed by atoms with Crippen LogP contribution in [0.5, 0.6) is 0 Å². The fourth-order valence-corrected chi connectivity index (χ4v) is 1.80. The number of carbonyl (C=O) groups is 2. The Morgan fingerprint density at radius 1 is 1.71 bits per heavy atom. The lowest BCUT2D eigenvalue weighted by molar-refractivity contribution is -0.137. The van der Waals surface area contributed by atoms with E-state index in [9.17, 15) is 9.59 Å². The van der Waals surface area contributed by atoms with Crippen LogP contribution in [0.25, 0.3) is 0 Å². The Hall–Kier alpha value is -1.69. The van der Waals surface area contributed by atoms with Gasteiger partial charge in [-0.05, 0) is 12.8 Å². The van der Waals surface area contributed by atoms with Gasteiger partial charge in [0.25, 0.3) is 0 Å². The normalized spacial score (nSPS) is 18.7. The highest BCUT2D eigenvalue weighted by atomic mass is 16.5. The van der Waals surface area contributed by atoms with E-state index in [1.165, 1.54) is 0 Å². The first kappa shape index (κ1) is 11.8. The molecule has 0 radical (unpaired) electrons. The van der Waals surface area contributed by atoms with Gasteiger partial charge >= 0.3 is 5.97 Å². The first-order valence-corrected chi connectivity index (χ1v) is 5.53. The highest BCUT2D eigenvalue weighted by Gasteiger charge is 2.21. The van der Waals surface area contributed by atoms with Gasteiger partial charge in [-0.15, -0.1) is 0 Å². The Bertz CT molecular complexity index is 423. The molecule has 1 fully saturated rings. The molecule has 1 aliphatic heterocycles. The van der Waals surface area contributed by atoms with Crippen LogP contribution in [-0.2, 0) is 22.5 Å². The van der Waals surface area contributed by atoms with Gasteiger partial charge in [-0.1, -0.05) is 0 Å². The second kappa shape index (κ2) is 5.09. The van der Waals surface area contributed by atoms with Crippen LogP contribution in [0.1, 0.15) is 29.2 Å². The lowest BCUT2D eigenvalue weighted by Gasteiger charge is -2.27. The van der Waals surface area contributed by atoms with E-state index in [0.717, 1.165) is 18.7 Å². The molecule has 1 aliphatic rings. The third-order valence-corrected chi connectivity index (χ3v) is 2.85. The molecular formula is C11H14N2O4. The number of aliphatic carboxylic acids is 1. The number of nitrogens with zero attached hydrogens (tertiary/aromatic N) is 2. The highest BCUT2D eigenvalue weighted by Crippen LogP contribution is 2.16. The molecule has 1 unspecified atom stereocenters. The van der Waals surface area contributed by atoms with Crippen LogP contribution >= 0.6 is 0 Å². The molecule has 0 aromatic carbocycles. The Kier molecular flexibility index (Phi) is 3.53. The minimum Gasteiger partial charge on any atom is -0.481 e. The summed E-state index contributed by atoms with van der Waals surface area (Å²) in [5.41, 5.74) is 0.769. The summed E-state index contributed by atoms with van der Waals surface area (Å²) >= 11 is 0. The fourth-order valence-electron chi connectivity index (χ4n) is 1.80. The first-order valence-electron chi connectivity index (χ1n) is 5.53. The van der Waals surface area contributed by atoms with Gasteiger partial charge in [0, 0.05) is 18.5 Å². The number of hydrogen-bond donors (Lipinski definition) is 1. The topological polar surface area (TPSA) is 81.4 Å². The summed E-state index contributed by atoms with van der Waals surface area (Å²) in [5, 5.41) is 8.65. The Labute approximate surface area is 98.2 Å². The third-order valence-electron chi connectivity index (χ3n) is 2.85. The van der Waals surface area contributed by atoms with E-state index < -0.39 is 5.97 Å². The third kappa shape index (κ3) is 2.71. The molecule has 1 aromatic heterocycles. The summed E-state index contributed by atoms with van der Waals surface area (Å²) in [5.74, 6) is -0.522. The van der Waals surface area contributed by atoms with Gasteiger partial charge in [0.15, 0.2) is 12.1 Å². The SMILES string of the molecule is O=Cc1ncc(CCC(=O)O)n1CC1CCO1. The summed E-state index contributed by atoms with van der Waals surface area (Å²) in [6.45, 7) is 1.32. The van der Waals surface area contributed by atoms with Crippen molar-refractivity contribution in [3.8, 4) is 0 Å². The molecule has 6 heteroatoms. The number of ether oxygens (including phenoxy) is 1. The maximum atomic E-state index is 10.8. The van der Waals surface area contributed by atoms with E-state index >= 15 is 0 Å². The van der Waals surface area contributed by atoms with Crippen LogP contribution < -0.4 is 0 Å². The molecule has 1 saturated heterocycles. The molecule has 0 bridgehead atoms. The van der Waals surface area contributed by atoms with Gasteiger partial charge in [-0.25, -0.2) is 4.98 Å². The second-order valence-electron chi connectivity index (χ2n) is 4.01. The second-order valence-corrected chi connectivity index (χ2v) is 4.01. The van der Waals surface area contributed by atoms with E-state index in [1.807, 2.05) is 0 Å². The maximum absolute atomic E-state index is 10.8. The summed E-state index contributed by atoms with van der Waals surface area (Å²) in [6, 6.07) is 0. The van der Waals surface area contributed by atoms with Crippen LogP contribution in [0.2, 0.25) is 0 Å². The van der Waals surface area contributed by atoms with E-state index in [-0.39, 0.29) is 12.5 Å². The minimum atomic E-state index is -0.856. The van der Waals surface area contributed by atoms with Crippen LogP contribution in [0.3, 0.4) is 0 Å². The van der Waals surface area contributed by atoms with Crippen molar-refractivity contribution in [3.05, 3.63) is 17.7 Å². The highest BCUT2D eigenvalue weighted by molar-refractivity contribution is 5.70. The van der Waals surface area contributed by atoms with Gasteiger partial charge in [0.1, 0.15) is 0 Å². The monoisotopic (exact) mass is 238 g/mol. The smallest absolute Gasteiger partial charge is 0.303 e. The zero-order valence-corrected chi connectivity index (χ0v) is 9.33. The Morgan fingerprint density at radius 3 is 3.00 bits per heavy atom. The van der Waals surface area contributed by atoms with Gasteiger partial charge in [0.2, 0.25) is 0 Å². The first-order chi connectivity index (χ1) is 8.20. The number of aromatic nitrogens is 2. The average molecular weight is 238 g/mol. The van der Waals surface area contributed by atoms with Crippen molar-refractivity contribution in [3.63, 3.8) is 0 Å². The van der Waals surface area contributed by atoms with Gasteiger partial charge in [0.05, 0.1) is 19.1 Å². The number of carboxylic acid groups (broad SMARTS) is 1. The van der Waals surface area contributed by atoms with Gasteiger partial charge < -0.3 is 14.4 Å². The molecule has 1 aromatic rings. The van der Waals surface area contributed by atoms with Gasteiger partial charge in [-0.2, -0.15) is 0 Å². The van der Waals surface area contributed by atoms with E-state index in [0.29, 0.717) is 25.1 Å². The van der Waals surface area contributed by atoms with Crippen LogP contribution in [0.4, 0.5) is 0 Å². The minimum absolute atomic E-state index is 0.0372. The lowest BCUT2D eigenvalue weighted by atomic mass is 10.2. The number of aldehydes is 1. The van der Waals surface area contributed by atoms with Crippen molar-refractivity contribution in [2.45, 2.75) is 31.9 Å². The van der Waals surface area contributed by atoms with Crippen molar-refractivity contribution in [1.82, 2.24) is 9.55 Å². The number of carbonyl (C=O) groups excluding carboxylic acids is 1. The molecule has 92 valence electrons. The lowest BCUT2D eigenvalue weighted by Crippen LogP contribution is -2.32. The molecule has 0 saturated carbocycles. The molecule has 2 rings (SSSR count). The standard InChI is InChI=1S/C11H14N2O4/c14-7-10-12-5-8(1-2-11(15)16)13(10)6-9-3-4-17-9/h5,7,9H,1-4,6H2,(H,15,16). The van der Waals surface area contributed by atoms with Crippen LogP contribution in [0, 0.1) is 0 Å². The van der Waals surface area contributed by atoms with E-state index in [1.54, 1.807) is 10.8 Å². The van der Waals surface area contributed by atoms with E-state index in [4.69, 9.17) is 9.84 Å². The maximum Gasteiger partial charge on any atom is 0.303 e. The average Bonchev–Trinajstić information content (AvgIpc) is 2.62. The Morgan fingerprint density at radius 2 is 2.47 bits per heavy atom. The summed E-state index contributed by atoms with van der Waals surface area (Å²) in [7, 11) is 0. The number of hydrogen-bond acceptors (Lipinski definition) is 4. The number of carboxylic acids is 1. The fraction of sp³-hybridized carbons (Fsp3) is 0.545. The molecule has 1 atom stereocenters. The van der Waals surface area contributed by atoms with Crippen molar-refractivity contribution >= 4 is 12.3 Å². The molecule has 0 amide bonds. The Balaban J connectivity index is 2.09. The van der Waals surface area contributed by atoms with Crippen LogP contribution in [0.15, 0.2) is 6.20 Å². The summed E-state index contributed by atoms with van der Waals surface area (Å²) in [4.78, 5) is 25.3. The summed E-state index contributed by atoms with van der Waals surface area (Å²) in [6.07, 6.45) is 3.74. The quantitative estimate of drug-likeness (QED) is 0.730. The van der Waals surface area contributed by atoms with Crippen molar-refractivity contribution in [1.29, 1.82) is 0 Å². The molecule has 0 aliphatic carbocycles. The number of imidazole rings is 1. The molecule has 1 N–H and O–H groups in total. The molecule has 6 nitrogen and oxygen atoms in total. The zero-order chi connectivity index (χ0) is 12.3.